The van der Waals surface area contributed by atoms with Gasteiger partial charge < -0.3 is 14.2 Å². The molecule has 0 spiro atoms. The highest BCUT2D eigenvalue weighted by Gasteiger charge is 2.54. The van der Waals surface area contributed by atoms with Crippen molar-refractivity contribution in [2.75, 3.05) is 6.79 Å². The molecule has 0 unspecified atom stereocenters. The van der Waals surface area contributed by atoms with E-state index in [0.29, 0.717) is 28.6 Å². The summed E-state index contributed by atoms with van der Waals surface area (Å²) < 4.78 is 15.5. The Morgan fingerprint density at radius 3 is 2.29 bits per heavy atom. The number of hydrogen-bond acceptors (Lipinski definition) is 7. The van der Waals surface area contributed by atoms with Gasteiger partial charge >= 0.3 is 17.8 Å². The van der Waals surface area contributed by atoms with Crippen LogP contribution in [0, 0.1) is 0 Å². The molecular formula is C20H18NO7+. The van der Waals surface area contributed by atoms with E-state index in [1.54, 1.807) is 42.5 Å². The zero-order valence-electron chi connectivity index (χ0n) is 15.2. The topological polar surface area (TPSA) is 88.1 Å². The quantitative estimate of drug-likeness (QED) is 0.578. The molecule has 0 saturated carbocycles. The summed E-state index contributed by atoms with van der Waals surface area (Å²) in [7, 11) is 0. The van der Waals surface area contributed by atoms with E-state index in [-0.39, 0.29) is 26.2 Å². The molecule has 2 heterocycles. The molecule has 1 fully saturated rings. The predicted octanol–water partition coefficient (Wildman–Crippen LogP) is 2.85. The van der Waals surface area contributed by atoms with Crippen molar-refractivity contribution in [2.24, 2.45) is 0 Å². The van der Waals surface area contributed by atoms with E-state index < -0.39 is 22.4 Å². The number of imide groups is 1. The largest absolute Gasteiger partial charge is 0.457 e. The Balaban J connectivity index is 1.50. The Morgan fingerprint density at radius 2 is 1.61 bits per heavy atom. The SMILES string of the molecule is CC(=O)O[N+]1(Cc2ccc(Oc3ccc4c(c3)OCO4)cc2)C(=O)CCC1=O. The lowest BCUT2D eigenvalue weighted by atomic mass is 10.2. The zero-order valence-corrected chi connectivity index (χ0v) is 15.2. The first-order valence-electron chi connectivity index (χ1n) is 8.78. The molecule has 2 aromatic rings. The number of amides is 2. The van der Waals surface area contributed by atoms with Gasteiger partial charge in [0.25, 0.3) is 0 Å². The molecule has 0 N–H and O–H groups in total. The Morgan fingerprint density at radius 1 is 0.964 bits per heavy atom. The summed E-state index contributed by atoms with van der Waals surface area (Å²) in [4.78, 5) is 41.1. The summed E-state index contributed by atoms with van der Waals surface area (Å²) in [5.74, 6) is 0.939. The molecule has 0 aliphatic carbocycles. The number of rotatable bonds is 5. The molecule has 8 heteroatoms. The summed E-state index contributed by atoms with van der Waals surface area (Å²) >= 11 is 0. The molecule has 8 nitrogen and oxygen atoms in total. The minimum absolute atomic E-state index is 0.0401. The summed E-state index contributed by atoms with van der Waals surface area (Å²) in [5.41, 5.74) is 0.669. The van der Waals surface area contributed by atoms with E-state index >= 15 is 0 Å². The lowest BCUT2D eigenvalue weighted by molar-refractivity contribution is -0.969. The number of quaternary nitrogens is 1. The fraction of sp³-hybridized carbons (Fsp3) is 0.250. The summed E-state index contributed by atoms with van der Waals surface area (Å²) in [6.07, 6.45) is 0.134. The highest BCUT2D eigenvalue weighted by molar-refractivity contribution is 5.91. The molecule has 1 saturated heterocycles. The first-order valence-corrected chi connectivity index (χ1v) is 8.78. The van der Waals surface area contributed by atoms with Crippen LogP contribution in [0.4, 0.5) is 0 Å². The van der Waals surface area contributed by atoms with Crippen LogP contribution in [-0.2, 0) is 25.8 Å². The van der Waals surface area contributed by atoms with Gasteiger partial charge in [0.1, 0.15) is 11.5 Å². The van der Waals surface area contributed by atoms with Gasteiger partial charge in [0, 0.05) is 18.6 Å². The van der Waals surface area contributed by atoms with Crippen molar-refractivity contribution in [3.05, 3.63) is 48.0 Å². The number of hydrogen-bond donors (Lipinski definition) is 0. The van der Waals surface area contributed by atoms with E-state index in [2.05, 4.69) is 0 Å². The maximum absolute atomic E-state index is 12.3. The number of carbonyl (C=O) groups excluding carboxylic acids is 3. The fourth-order valence-corrected chi connectivity index (χ4v) is 3.24. The molecule has 2 aliphatic heterocycles. The second kappa shape index (κ2) is 6.97. The number of carbonyl (C=O) groups is 3. The number of nitrogens with zero attached hydrogens (tertiary/aromatic N) is 1. The van der Waals surface area contributed by atoms with Crippen LogP contribution in [0.25, 0.3) is 0 Å². The van der Waals surface area contributed by atoms with Gasteiger partial charge in [0.2, 0.25) is 6.79 Å². The smallest absolute Gasteiger partial charge is 0.365 e. The monoisotopic (exact) mass is 384 g/mol. The normalized spacial score (nSPS) is 16.9. The van der Waals surface area contributed by atoms with Gasteiger partial charge in [-0.05, 0) is 41.0 Å². The van der Waals surface area contributed by atoms with Gasteiger partial charge in [0.05, 0.1) is 12.8 Å². The van der Waals surface area contributed by atoms with Gasteiger partial charge in [-0.1, -0.05) is 0 Å². The number of hydroxylamine groups is 3. The average Bonchev–Trinajstić information content (AvgIpc) is 3.23. The maximum Gasteiger partial charge on any atom is 0.365 e. The van der Waals surface area contributed by atoms with Crippen LogP contribution < -0.4 is 14.2 Å². The van der Waals surface area contributed by atoms with Crippen LogP contribution in [0.3, 0.4) is 0 Å². The minimum Gasteiger partial charge on any atom is -0.457 e. The Kier molecular flexibility index (Phi) is 4.48. The molecule has 0 atom stereocenters. The third-order valence-corrected chi connectivity index (χ3v) is 4.55. The zero-order chi connectivity index (χ0) is 19.7. The molecule has 28 heavy (non-hydrogen) atoms. The number of fused-ring (bicyclic) bond motifs is 1. The third-order valence-electron chi connectivity index (χ3n) is 4.55. The average molecular weight is 384 g/mol. The van der Waals surface area contributed by atoms with Crippen molar-refractivity contribution < 1.29 is 38.1 Å². The van der Waals surface area contributed by atoms with Crippen molar-refractivity contribution in [2.45, 2.75) is 26.3 Å². The summed E-state index contributed by atoms with van der Waals surface area (Å²) in [6.45, 7) is 1.33. The van der Waals surface area contributed by atoms with Gasteiger partial charge in [-0.15, -0.1) is 0 Å². The Hall–Kier alpha value is -3.39. The molecule has 0 radical (unpaired) electrons. The van der Waals surface area contributed by atoms with Gasteiger partial charge in [-0.2, -0.15) is 0 Å². The molecule has 0 aromatic heterocycles. The third kappa shape index (κ3) is 3.29. The molecule has 4 rings (SSSR count). The summed E-state index contributed by atoms with van der Waals surface area (Å²) in [5, 5.41) is 0. The number of ether oxygens (including phenoxy) is 3. The standard InChI is InChI=1S/C20H18NO7/c1-13(22)28-21(19(23)8-9-20(21)24)11-14-2-4-15(5-3-14)27-16-6-7-17-18(10-16)26-12-25-17/h2-7,10H,8-9,11-12H2,1H3/q+1. The fourth-order valence-electron chi connectivity index (χ4n) is 3.24. The maximum atomic E-state index is 12.3. The van der Waals surface area contributed by atoms with Gasteiger partial charge in [-0.3, -0.25) is 4.84 Å². The second-order valence-electron chi connectivity index (χ2n) is 6.53. The van der Waals surface area contributed by atoms with E-state index in [4.69, 9.17) is 19.0 Å². The van der Waals surface area contributed by atoms with E-state index in [1.165, 1.54) is 6.92 Å². The van der Waals surface area contributed by atoms with Crippen LogP contribution in [0.15, 0.2) is 42.5 Å². The highest BCUT2D eigenvalue weighted by atomic mass is 16.8. The first kappa shape index (κ1) is 18.0. The van der Waals surface area contributed by atoms with Crippen molar-refractivity contribution in [3.8, 4) is 23.0 Å². The van der Waals surface area contributed by atoms with Crippen molar-refractivity contribution in [3.63, 3.8) is 0 Å². The molecule has 2 aromatic carbocycles. The molecular weight excluding hydrogens is 366 g/mol. The lowest BCUT2D eigenvalue weighted by Gasteiger charge is -2.24. The van der Waals surface area contributed by atoms with Crippen molar-refractivity contribution in [1.29, 1.82) is 0 Å². The van der Waals surface area contributed by atoms with Crippen LogP contribution in [0.2, 0.25) is 0 Å². The Bertz CT molecular complexity index is 936. The highest BCUT2D eigenvalue weighted by Crippen LogP contribution is 2.36. The molecule has 144 valence electrons. The summed E-state index contributed by atoms with van der Waals surface area (Å²) in [6, 6.07) is 12.2. The van der Waals surface area contributed by atoms with Crippen LogP contribution >= 0.6 is 0 Å². The van der Waals surface area contributed by atoms with Gasteiger partial charge in [0.15, 0.2) is 18.0 Å². The van der Waals surface area contributed by atoms with E-state index in [0.717, 1.165) is 0 Å². The van der Waals surface area contributed by atoms with Gasteiger partial charge in [-0.25, -0.2) is 14.4 Å². The van der Waals surface area contributed by atoms with Crippen LogP contribution in [0.1, 0.15) is 25.3 Å². The number of benzene rings is 2. The number of likely N-dealkylation sites (tertiary alicyclic amines) is 1. The Labute approximate surface area is 160 Å². The molecule has 2 amide bonds. The molecule has 2 aliphatic rings. The lowest BCUT2D eigenvalue weighted by Crippen LogP contribution is -2.52. The molecule has 0 bridgehead atoms. The van der Waals surface area contributed by atoms with E-state index in [9.17, 15) is 14.4 Å². The van der Waals surface area contributed by atoms with E-state index in [1.807, 2.05) is 0 Å². The first-order chi connectivity index (χ1) is 13.5. The second-order valence-corrected chi connectivity index (χ2v) is 6.53. The van der Waals surface area contributed by atoms with Crippen molar-refractivity contribution >= 4 is 17.8 Å². The van der Waals surface area contributed by atoms with Crippen LogP contribution in [-0.4, -0.2) is 29.2 Å². The predicted molar refractivity (Wildman–Crippen MR) is 94.1 cm³/mol. The van der Waals surface area contributed by atoms with Crippen LogP contribution in [0.5, 0.6) is 23.0 Å². The van der Waals surface area contributed by atoms with Crippen molar-refractivity contribution in [1.82, 2.24) is 0 Å². The minimum atomic E-state index is -0.919.